The molecule has 3 atom stereocenters. The lowest BCUT2D eigenvalue weighted by atomic mass is 10.0. The predicted molar refractivity (Wildman–Crippen MR) is 108 cm³/mol. The molecule has 0 fully saturated rings. The van der Waals surface area contributed by atoms with Crippen LogP contribution in [0.1, 0.15) is 18.4 Å². The monoisotopic (exact) mass is 454 g/mol. The fourth-order valence-electron chi connectivity index (χ4n) is 2.60. The van der Waals surface area contributed by atoms with Crippen LogP contribution in [0, 0.1) is 0 Å². The van der Waals surface area contributed by atoms with Crippen LogP contribution in [-0.4, -0.2) is 81.4 Å². The first-order valence-corrected chi connectivity index (χ1v) is 9.50. The average molecular weight is 454 g/mol. The Morgan fingerprint density at radius 3 is 1.94 bits per heavy atom. The number of phenols is 1. The van der Waals surface area contributed by atoms with Crippen molar-refractivity contribution in [2.45, 2.75) is 37.4 Å². The van der Waals surface area contributed by atoms with Gasteiger partial charge < -0.3 is 42.1 Å². The number of aliphatic carboxylic acids is 2. The lowest BCUT2D eigenvalue weighted by molar-refractivity contribution is -0.143. The molecule has 3 unspecified atom stereocenters. The molecule has 13 nitrogen and oxygen atoms in total. The van der Waals surface area contributed by atoms with Gasteiger partial charge in [0, 0.05) is 12.8 Å². The van der Waals surface area contributed by atoms with Crippen molar-refractivity contribution in [3.8, 4) is 5.75 Å². The van der Waals surface area contributed by atoms with Crippen LogP contribution < -0.4 is 21.7 Å². The molecule has 1 aromatic carbocycles. The van der Waals surface area contributed by atoms with Gasteiger partial charge in [-0.1, -0.05) is 12.1 Å². The summed E-state index contributed by atoms with van der Waals surface area (Å²) in [7, 11) is 0. The number of benzene rings is 1. The van der Waals surface area contributed by atoms with E-state index in [1.807, 2.05) is 0 Å². The molecule has 0 aliphatic rings. The summed E-state index contributed by atoms with van der Waals surface area (Å²) in [6.45, 7) is -1.27. The quantitative estimate of drug-likeness (QED) is 0.154. The van der Waals surface area contributed by atoms with E-state index in [4.69, 9.17) is 10.8 Å². The predicted octanol–water partition coefficient (Wildman–Crippen LogP) is -2.71. The van der Waals surface area contributed by atoms with Crippen molar-refractivity contribution in [2.75, 3.05) is 13.2 Å². The van der Waals surface area contributed by atoms with Crippen LogP contribution in [0.4, 0.5) is 0 Å². The van der Waals surface area contributed by atoms with Crippen molar-refractivity contribution in [1.82, 2.24) is 16.0 Å². The number of aliphatic hydroxyl groups excluding tert-OH is 1. The van der Waals surface area contributed by atoms with E-state index in [9.17, 15) is 39.3 Å². The second-order valence-electron chi connectivity index (χ2n) is 6.77. The minimum Gasteiger partial charge on any atom is -0.508 e. The maximum atomic E-state index is 12.6. The third-order valence-corrected chi connectivity index (χ3v) is 4.29. The van der Waals surface area contributed by atoms with Gasteiger partial charge in [-0.25, -0.2) is 4.79 Å². The summed E-state index contributed by atoms with van der Waals surface area (Å²) in [5.41, 5.74) is 5.63. The highest BCUT2D eigenvalue weighted by atomic mass is 16.4. The van der Waals surface area contributed by atoms with Gasteiger partial charge in [0.25, 0.3) is 0 Å². The van der Waals surface area contributed by atoms with Gasteiger partial charge in [-0.3, -0.25) is 19.2 Å². The number of carbonyl (C=O) groups is 5. The number of nitrogens with one attached hydrogen (secondary N) is 3. The molecular weight excluding hydrogens is 428 g/mol. The number of aliphatic hydroxyl groups is 1. The Morgan fingerprint density at radius 1 is 0.875 bits per heavy atom. The third-order valence-electron chi connectivity index (χ3n) is 4.29. The molecule has 1 aromatic rings. The number of hydrogen-bond donors (Lipinski definition) is 8. The van der Waals surface area contributed by atoms with Crippen molar-refractivity contribution < 1.29 is 44.4 Å². The minimum absolute atomic E-state index is 0.0266. The van der Waals surface area contributed by atoms with E-state index in [0.29, 0.717) is 5.56 Å². The summed E-state index contributed by atoms with van der Waals surface area (Å²) < 4.78 is 0. The molecule has 0 heterocycles. The van der Waals surface area contributed by atoms with Crippen molar-refractivity contribution in [1.29, 1.82) is 0 Å². The van der Waals surface area contributed by atoms with E-state index in [0.717, 1.165) is 0 Å². The Hall–Kier alpha value is -3.71. The van der Waals surface area contributed by atoms with Gasteiger partial charge in [-0.15, -0.1) is 0 Å². The number of hydrogen-bond acceptors (Lipinski definition) is 8. The second-order valence-corrected chi connectivity index (χ2v) is 6.77. The highest BCUT2D eigenvalue weighted by Crippen LogP contribution is 2.12. The number of phenolic OH excluding ortho intramolecular Hbond substituents is 1. The topological polar surface area (TPSA) is 228 Å². The Kier molecular flexibility index (Phi) is 10.6. The number of carbonyl (C=O) groups excluding carboxylic acids is 3. The molecule has 0 aliphatic carbocycles. The zero-order valence-electron chi connectivity index (χ0n) is 17.0. The fraction of sp³-hybridized carbons (Fsp3) is 0.421. The van der Waals surface area contributed by atoms with E-state index in [2.05, 4.69) is 16.0 Å². The lowest BCUT2D eigenvalue weighted by Gasteiger charge is -2.23. The van der Waals surface area contributed by atoms with Crippen LogP contribution in [0.3, 0.4) is 0 Å². The zero-order valence-corrected chi connectivity index (χ0v) is 17.0. The normalized spacial score (nSPS) is 13.3. The van der Waals surface area contributed by atoms with Crippen LogP contribution >= 0.6 is 0 Å². The molecule has 0 spiro atoms. The highest BCUT2D eigenvalue weighted by molar-refractivity contribution is 5.93. The average Bonchev–Trinajstić information content (AvgIpc) is 2.75. The van der Waals surface area contributed by atoms with E-state index in [-0.39, 0.29) is 18.6 Å². The molecular formula is C19H26N4O9. The summed E-state index contributed by atoms with van der Waals surface area (Å²) in [5.74, 6) is -5.35. The molecule has 9 N–H and O–H groups in total. The van der Waals surface area contributed by atoms with Gasteiger partial charge in [-0.05, 0) is 24.1 Å². The number of nitrogens with two attached hydrogens (primary N) is 1. The first-order chi connectivity index (χ1) is 15.1. The smallest absolute Gasteiger partial charge is 0.326 e. The minimum atomic E-state index is -1.45. The van der Waals surface area contributed by atoms with Crippen molar-refractivity contribution in [2.24, 2.45) is 5.73 Å². The van der Waals surface area contributed by atoms with Gasteiger partial charge >= 0.3 is 11.9 Å². The molecule has 1 rings (SSSR count). The molecule has 0 radical (unpaired) electrons. The fourth-order valence-corrected chi connectivity index (χ4v) is 2.60. The van der Waals surface area contributed by atoms with Gasteiger partial charge in [0.15, 0.2) is 0 Å². The van der Waals surface area contributed by atoms with E-state index in [1.54, 1.807) is 0 Å². The van der Waals surface area contributed by atoms with Crippen LogP contribution in [0.25, 0.3) is 0 Å². The Labute approximate surface area is 182 Å². The molecule has 0 bridgehead atoms. The number of carboxylic acid groups (broad SMARTS) is 2. The molecule has 13 heteroatoms. The van der Waals surface area contributed by atoms with Crippen molar-refractivity contribution in [3.05, 3.63) is 29.8 Å². The maximum absolute atomic E-state index is 12.6. The van der Waals surface area contributed by atoms with E-state index >= 15 is 0 Å². The van der Waals surface area contributed by atoms with Crippen LogP contribution in [0.2, 0.25) is 0 Å². The number of rotatable bonds is 13. The Morgan fingerprint density at radius 2 is 1.44 bits per heavy atom. The molecule has 0 saturated carbocycles. The third kappa shape index (κ3) is 8.97. The number of carboxylic acids is 2. The highest BCUT2D eigenvalue weighted by Gasteiger charge is 2.29. The summed E-state index contributed by atoms with van der Waals surface area (Å²) >= 11 is 0. The standard InChI is InChI=1S/C19H26N4O9/c20-8-15(26)21-14(9-24)18(30)22-12(5-6-16(27)28)17(29)23-13(19(31)32)7-10-1-3-11(25)4-2-10/h1-4,12-14,24-25H,5-9,20H2,(H,21,26)(H,22,30)(H,23,29)(H,27,28)(H,31,32). The molecule has 3 amide bonds. The first kappa shape index (κ1) is 26.3. The van der Waals surface area contributed by atoms with Crippen molar-refractivity contribution >= 4 is 29.7 Å². The number of aromatic hydroxyl groups is 1. The maximum Gasteiger partial charge on any atom is 0.326 e. The van der Waals surface area contributed by atoms with Gasteiger partial charge in [-0.2, -0.15) is 0 Å². The van der Waals surface area contributed by atoms with Crippen LogP contribution in [-0.2, 0) is 30.4 Å². The molecule has 32 heavy (non-hydrogen) atoms. The zero-order chi connectivity index (χ0) is 24.3. The molecule has 0 aromatic heterocycles. The SMILES string of the molecule is NCC(=O)NC(CO)C(=O)NC(CCC(=O)O)C(=O)NC(Cc1ccc(O)cc1)C(=O)O. The summed E-state index contributed by atoms with van der Waals surface area (Å²) in [6.07, 6.45) is -1.04. The molecule has 176 valence electrons. The van der Waals surface area contributed by atoms with Gasteiger partial charge in [0.2, 0.25) is 17.7 Å². The molecule has 0 saturated heterocycles. The summed E-state index contributed by atoms with van der Waals surface area (Å²) in [6, 6.07) is 1.30. The van der Waals surface area contributed by atoms with E-state index in [1.165, 1.54) is 24.3 Å². The van der Waals surface area contributed by atoms with Crippen molar-refractivity contribution in [3.63, 3.8) is 0 Å². The Bertz CT molecular complexity index is 829. The molecule has 0 aliphatic heterocycles. The van der Waals surface area contributed by atoms with Crippen LogP contribution in [0.5, 0.6) is 5.75 Å². The largest absolute Gasteiger partial charge is 0.508 e. The first-order valence-electron chi connectivity index (χ1n) is 9.50. The second kappa shape index (κ2) is 12.9. The number of amides is 3. The van der Waals surface area contributed by atoms with Crippen LogP contribution in [0.15, 0.2) is 24.3 Å². The lowest BCUT2D eigenvalue weighted by Crippen LogP contribution is -2.57. The summed E-state index contributed by atoms with van der Waals surface area (Å²) in [4.78, 5) is 58.9. The summed E-state index contributed by atoms with van der Waals surface area (Å²) in [5, 5.41) is 43.5. The van der Waals surface area contributed by atoms with Gasteiger partial charge in [0.1, 0.15) is 23.9 Å². The van der Waals surface area contributed by atoms with Gasteiger partial charge in [0.05, 0.1) is 13.2 Å². The van der Waals surface area contributed by atoms with E-state index < -0.39 is 67.4 Å². The Balaban J connectivity index is 2.94.